The molecule has 1 aliphatic rings. The molecule has 0 unspecified atom stereocenters. The standard InChI is InChI=1S/C27H33NO7/c1-16(2)15-35-20-9-8-19(13-17(20)3)25(29)23-24(28(11-12-32-4)27(31)26(23)30)18-7-10-21(33-5)22(14-18)34-6/h7-10,13-14,16,24,29H,11-12,15H2,1-6H3/t24-/m1/s1. The third-order valence-electron chi connectivity index (χ3n) is 5.82. The average Bonchev–Trinajstić information content (AvgIpc) is 3.10. The van der Waals surface area contributed by atoms with Gasteiger partial charge in [0, 0.05) is 19.2 Å². The molecule has 3 rings (SSSR count). The van der Waals surface area contributed by atoms with Crippen molar-refractivity contribution in [3.05, 3.63) is 58.7 Å². The molecule has 0 spiro atoms. The van der Waals surface area contributed by atoms with Crippen LogP contribution in [0.5, 0.6) is 17.2 Å². The van der Waals surface area contributed by atoms with Gasteiger partial charge in [0.1, 0.15) is 11.5 Å². The number of benzene rings is 2. The first-order valence-corrected chi connectivity index (χ1v) is 11.5. The molecule has 0 radical (unpaired) electrons. The fraction of sp³-hybridized carbons (Fsp3) is 0.407. The SMILES string of the molecule is COCCN1C(=O)C(=O)C(=C(O)c2ccc(OCC(C)C)c(C)c2)[C@H]1c1ccc(OC)c(OC)c1. The number of nitrogens with zero attached hydrogens (tertiary/aromatic N) is 1. The van der Waals surface area contributed by atoms with Crippen LogP contribution in [0.1, 0.15) is 36.6 Å². The van der Waals surface area contributed by atoms with Gasteiger partial charge < -0.3 is 29.0 Å². The molecule has 1 saturated heterocycles. The van der Waals surface area contributed by atoms with Crippen LogP contribution in [0.4, 0.5) is 0 Å². The fourth-order valence-electron chi connectivity index (χ4n) is 4.04. The van der Waals surface area contributed by atoms with E-state index < -0.39 is 17.7 Å². The monoisotopic (exact) mass is 483 g/mol. The van der Waals surface area contributed by atoms with E-state index in [9.17, 15) is 14.7 Å². The van der Waals surface area contributed by atoms with Crippen molar-refractivity contribution >= 4 is 17.4 Å². The highest BCUT2D eigenvalue weighted by molar-refractivity contribution is 6.46. The van der Waals surface area contributed by atoms with Crippen molar-refractivity contribution in [2.75, 3.05) is 41.1 Å². The quantitative estimate of drug-likeness (QED) is 0.309. The molecular formula is C27H33NO7. The number of amides is 1. The van der Waals surface area contributed by atoms with Crippen molar-refractivity contribution in [1.29, 1.82) is 0 Å². The van der Waals surface area contributed by atoms with E-state index in [1.165, 1.54) is 26.2 Å². The Hall–Kier alpha value is -3.52. The number of ketones is 1. The molecule has 0 saturated carbocycles. The van der Waals surface area contributed by atoms with Crippen LogP contribution in [0.3, 0.4) is 0 Å². The number of likely N-dealkylation sites (tertiary alicyclic amines) is 1. The Balaban J connectivity index is 2.12. The molecule has 1 heterocycles. The van der Waals surface area contributed by atoms with E-state index in [-0.39, 0.29) is 24.5 Å². The van der Waals surface area contributed by atoms with Crippen molar-refractivity contribution < 1.29 is 33.6 Å². The van der Waals surface area contributed by atoms with Crippen LogP contribution < -0.4 is 14.2 Å². The average molecular weight is 484 g/mol. The van der Waals surface area contributed by atoms with Gasteiger partial charge in [-0.1, -0.05) is 19.9 Å². The Morgan fingerprint density at radius 3 is 2.29 bits per heavy atom. The Morgan fingerprint density at radius 1 is 1.00 bits per heavy atom. The van der Waals surface area contributed by atoms with E-state index in [2.05, 4.69) is 13.8 Å². The lowest BCUT2D eigenvalue weighted by atomic mass is 9.94. The third kappa shape index (κ3) is 5.43. The number of aryl methyl sites for hydroxylation is 1. The topological polar surface area (TPSA) is 94.5 Å². The second kappa shape index (κ2) is 11.3. The number of aliphatic hydroxyl groups is 1. The predicted molar refractivity (Wildman–Crippen MR) is 132 cm³/mol. The number of carbonyl (C=O) groups excluding carboxylic acids is 2. The fourth-order valence-corrected chi connectivity index (χ4v) is 4.04. The first-order valence-electron chi connectivity index (χ1n) is 11.5. The molecule has 35 heavy (non-hydrogen) atoms. The van der Waals surface area contributed by atoms with E-state index in [1.807, 2.05) is 6.92 Å². The number of Topliss-reactive ketones (excluding diaryl/α,β-unsaturated/α-hetero) is 1. The molecule has 0 bridgehead atoms. The minimum absolute atomic E-state index is 0.00794. The largest absolute Gasteiger partial charge is 0.507 e. The van der Waals surface area contributed by atoms with Gasteiger partial charge in [-0.25, -0.2) is 0 Å². The molecule has 2 aromatic carbocycles. The Kier molecular flexibility index (Phi) is 8.40. The lowest BCUT2D eigenvalue weighted by Gasteiger charge is -2.25. The minimum Gasteiger partial charge on any atom is -0.507 e. The molecule has 8 nitrogen and oxygen atoms in total. The number of aliphatic hydroxyl groups excluding tert-OH is 1. The summed E-state index contributed by atoms with van der Waals surface area (Å²) in [5.74, 6) is 0.330. The summed E-state index contributed by atoms with van der Waals surface area (Å²) < 4.78 is 21.7. The molecule has 2 aromatic rings. The second-order valence-corrected chi connectivity index (χ2v) is 8.78. The molecule has 0 aliphatic carbocycles. The summed E-state index contributed by atoms with van der Waals surface area (Å²) in [6.45, 7) is 6.97. The number of carbonyl (C=O) groups is 2. The minimum atomic E-state index is -0.817. The lowest BCUT2D eigenvalue weighted by Crippen LogP contribution is -2.32. The van der Waals surface area contributed by atoms with Crippen LogP contribution >= 0.6 is 0 Å². The summed E-state index contributed by atoms with van der Waals surface area (Å²) in [6, 6.07) is 9.54. The molecule has 0 aromatic heterocycles. The number of hydrogen-bond acceptors (Lipinski definition) is 7. The molecule has 8 heteroatoms. The summed E-state index contributed by atoms with van der Waals surface area (Å²) in [5, 5.41) is 11.3. The predicted octanol–water partition coefficient (Wildman–Crippen LogP) is 4.12. The van der Waals surface area contributed by atoms with Crippen LogP contribution in [-0.2, 0) is 14.3 Å². The highest BCUT2D eigenvalue weighted by Crippen LogP contribution is 2.42. The van der Waals surface area contributed by atoms with Gasteiger partial charge in [0.2, 0.25) is 0 Å². The van der Waals surface area contributed by atoms with Gasteiger partial charge in [-0.2, -0.15) is 0 Å². The van der Waals surface area contributed by atoms with E-state index in [1.54, 1.807) is 36.4 Å². The van der Waals surface area contributed by atoms with Gasteiger partial charge in [-0.05, 0) is 54.3 Å². The highest BCUT2D eigenvalue weighted by Gasteiger charge is 2.46. The third-order valence-corrected chi connectivity index (χ3v) is 5.82. The van der Waals surface area contributed by atoms with Crippen LogP contribution in [0, 0.1) is 12.8 Å². The number of rotatable bonds is 10. The summed E-state index contributed by atoms with van der Waals surface area (Å²) in [4.78, 5) is 27.6. The molecule has 1 fully saturated rings. The number of methoxy groups -OCH3 is 3. The van der Waals surface area contributed by atoms with Crippen LogP contribution in [0.15, 0.2) is 42.0 Å². The van der Waals surface area contributed by atoms with Crippen molar-refractivity contribution in [1.82, 2.24) is 4.90 Å². The van der Waals surface area contributed by atoms with E-state index in [0.717, 1.165) is 5.56 Å². The first-order chi connectivity index (χ1) is 16.7. The van der Waals surface area contributed by atoms with Gasteiger partial charge in [0.25, 0.3) is 11.7 Å². The van der Waals surface area contributed by atoms with Gasteiger partial charge in [0.05, 0.1) is 39.0 Å². The van der Waals surface area contributed by atoms with Crippen molar-refractivity contribution in [2.45, 2.75) is 26.8 Å². The zero-order chi connectivity index (χ0) is 25.7. The molecule has 1 N–H and O–H groups in total. The van der Waals surface area contributed by atoms with Crippen molar-refractivity contribution in [3.8, 4) is 17.2 Å². The summed E-state index contributed by atoms with van der Waals surface area (Å²) in [6.07, 6.45) is 0. The molecule has 1 aliphatic heterocycles. The molecular weight excluding hydrogens is 450 g/mol. The molecule has 1 amide bonds. The molecule has 1 atom stereocenters. The first kappa shape index (κ1) is 26.1. The van der Waals surface area contributed by atoms with Crippen LogP contribution in [0.2, 0.25) is 0 Å². The van der Waals surface area contributed by atoms with Gasteiger partial charge >= 0.3 is 0 Å². The Morgan fingerprint density at radius 2 is 1.69 bits per heavy atom. The maximum absolute atomic E-state index is 13.2. The van der Waals surface area contributed by atoms with Gasteiger partial charge in [-0.3, -0.25) is 9.59 Å². The van der Waals surface area contributed by atoms with Crippen LogP contribution in [-0.4, -0.2) is 62.8 Å². The normalized spacial score (nSPS) is 17.2. The Labute approximate surface area is 206 Å². The number of ether oxygens (including phenoxy) is 4. The summed E-state index contributed by atoms with van der Waals surface area (Å²) in [7, 11) is 4.56. The highest BCUT2D eigenvalue weighted by atomic mass is 16.5. The number of hydrogen-bond donors (Lipinski definition) is 1. The second-order valence-electron chi connectivity index (χ2n) is 8.78. The maximum Gasteiger partial charge on any atom is 0.295 e. The van der Waals surface area contributed by atoms with Crippen molar-refractivity contribution in [2.24, 2.45) is 5.92 Å². The maximum atomic E-state index is 13.2. The summed E-state index contributed by atoms with van der Waals surface area (Å²) >= 11 is 0. The summed E-state index contributed by atoms with van der Waals surface area (Å²) in [5.41, 5.74) is 1.85. The van der Waals surface area contributed by atoms with Crippen molar-refractivity contribution in [3.63, 3.8) is 0 Å². The van der Waals surface area contributed by atoms with E-state index >= 15 is 0 Å². The zero-order valence-electron chi connectivity index (χ0n) is 21.1. The van der Waals surface area contributed by atoms with Gasteiger partial charge in [-0.15, -0.1) is 0 Å². The molecule has 188 valence electrons. The smallest absolute Gasteiger partial charge is 0.295 e. The van der Waals surface area contributed by atoms with E-state index in [4.69, 9.17) is 18.9 Å². The van der Waals surface area contributed by atoms with Crippen LogP contribution in [0.25, 0.3) is 5.76 Å². The zero-order valence-corrected chi connectivity index (χ0v) is 21.1. The van der Waals surface area contributed by atoms with E-state index in [0.29, 0.717) is 40.9 Å². The Bertz CT molecular complexity index is 1120. The lowest BCUT2D eigenvalue weighted by molar-refractivity contribution is -0.140. The van der Waals surface area contributed by atoms with Gasteiger partial charge in [0.15, 0.2) is 11.5 Å².